The van der Waals surface area contributed by atoms with Gasteiger partial charge < -0.3 is 5.11 Å². The Bertz CT molecular complexity index is 534. The molecule has 1 nitrogen and oxygen atoms in total. The number of aliphatic hydroxyl groups is 1. The SMILES string of the molecule is OC1c2ccccc2-c2cc(F)ccc21. The molecule has 74 valence electrons. The minimum atomic E-state index is -0.614. The number of halogens is 1. The standard InChI is InChI=1S/C13H9FO/c14-8-5-6-11-12(7-8)9-3-1-2-4-10(9)13(11)15/h1-7,13,15H. The zero-order chi connectivity index (χ0) is 10.4. The Morgan fingerprint density at radius 2 is 1.67 bits per heavy atom. The van der Waals surface area contributed by atoms with Gasteiger partial charge in [0.15, 0.2) is 0 Å². The van der Waals surface area contributed by atoms with Crippen molar-refractivity contribution in [2.24, 2.45) is 0 Å². The molecule has 2 heteroatoms. The topological polar surface area (TPSA) is 20.2 Å². The van der Waals surface area contributed by atoms with E-state index >= 15 is 0 Å². The van der Waals surface area contributed by atoms with Crippen molar-refractivity contribution in [3.8, 4) is 11.1 Å². The molecule has 2 aromatic carbocycles. The largest absolute Gasteiger partial charge is 0.384 e. The molecule has 0 radical (unpaired) electrons. The molecule has 1 unspecified atom stereocenters. The predicted molar refractivity (Wildman–Crippen MR) is 55.9 cm³/mol. The normalized spacial score (nSPS) is 17.3. The van der Waals surface area contributed by atoms with Gasteiger partial charge in [0, 0.05) is 0 Å². The molecule has 1 aliphatic rings. The highest BCUT2D eigenvalue weighted by atomic mass is 19.1. The summed E-state index contributed by atoms with van der Waals surface area (Å²) in [5, 5.41) is 10.0. The summed E-state index contributed by atoms with van der Waals surface area (Å²) in [5.74, 6) is -0.266. The van der Waals surface area contributed by atoms with Gasteiger partial charge in [-0.1, -0.05) is 30.3 Å². The molecule has 0 heterocycles. The third-order valence-electron chi connectivity index (χ3n) is 2.86. The first-order valence-corrected chi connectivity index (χ1v) is 4.84. The molecule has 0 aliphatic heterocycles. The van der Waals surface area contributed by atoms with E-state index in [-0.39, 0.29) is 5.82 Å². The van der Waals surface area contributed by atoms with Gasteiger partial charge >= 0.3 is 0 Å². The summed E-state index contributed by atoms with van der Waals surface area (Å²) in [5.41, 5.74) is 3.38. The lowest BCUT2D eigenvalue weighted by atomic mass is 10.1. The van der Waals surface area contributed by atoms with E-state index in [1.54, 1.807) is 6.07 Å². The zero-order valence-corrected chi connectivity index (χ0v) is 7.94. The van der Waals surface area contributed by atoms with Crippen LogP contribution in [0.2, 0.25) is 0 Å². The second kappa shape index (κ2) is 2.91. The second-order valence-corrected chi connectivity index (χ2v) is 3.72. The highest BCUT2D eigenvalue weighted by Gasteiger charge is 2.26. The van der Waals surface area contributed by atoms with Crippen LogP contribution in [0.1, 0.15) is 17.2 Å². The number of hydrogen-bond acceptors (Lipinski definition) is 1. The molecule has 1 aliphatic carbocycles. The van der Waals surface area contributed by atoms with Crippen LogP contribution in [0, 0.1) is 5.82 Å². The van der Waals surface area contributed by atoms with Gasteiger partial charge in [-0.05, 0) is 34.4 Å². The van der Waals surface area contributed by atoms with Crippen molar-refractivity contribution in [2.75, 3.05) is 0 Å². The highest BCUT2D eigenvalue weighted by Crippen LogP contribution is 2.43. The third kappa shape index (κ3) is 1.12. The van der Waals surface area contributed by atoms with Crippen LogP contribution in [0.4, 0.5) is 4.39 Å². The van der Waals surface area contributed by atoms with Crippen LogP contribution >= 0.6 is 0 Å². The Kier molecular flexibility index (Phi) is 1.67. The van der Waals surface area contributed by atoms with Crippen LogP contribution in [-0.2, 0) is 0 Å². The van der Waals surface area contributed by atoms with E-state index in [0.29, 0.717) is 0 Å². The molecule has 0 bridgehead atoms. The lowest BCUT2D eigenvalue weighted by Gasteiger charge is -2.03. The number of rotatable bonds is 0. The van der Waals surface area contributed by atoms with E-state index in [0.717, 1.165) is 22.3 Å². The van der Waals surface area contributed by atoms with E-state index in [4.69, 9.17) is 0 Å². The summed E-state index contributed by atoms with van der Waals surface area (Å²) in [6, 6.07) is 12.1. The Hall–Kier alpha value is -1.67. The van der Waals surface area contributed by atoms with Crippen LogP contribution < -0.4 is 0 Å². The summed E-state index contributed by atoms with van der Waals surface area (Å²) in [6.45, 7) is 0. The summed E-state index contributed by atoms with van der Waals surface area (Å²) in [6.07, 6.45) is -0.614. The minimum absolute atomic E-state index is 0.266. The van der Waals surface area contributed by atoms with Crippen molar-refractivity contribution in [1.82, 2.24) is 0 Å². The molecule has 0 aromatic heterocycles. The van der Waals surface area contributed by atoms with E-state index in [1.807, 2.05) is 24.3 Å². The Balaban J connectivity index is 2.34. The van der Waals surface area contributed by atoms with Crippen LogP contribution in [0.15, 0.2) is 42.5 Å². The molecule has 0 fully saturated rings. The van der Waals surface area contributed by atoms with Gasteiger partial charge in [-0.2, -0.15) is 0 Å². The fraction of sp³-hybridized carbons (Fsp3) is 0.0769. The first-order valence-electron chi connectivity index (χ1n) is 4.84. The summed E-state index contributed by atoms with van der Waals surface area (Å²) >= 11 is 0. The molecule has 0 spiro atoms. The van der Waals surface area contributed by atoms with Crippen molar-refractivity contribution in [3.63, 3.8) is 0 Å². The summed E-state index contributed by atoms with van der Waals surface area (Å²) in [7, 11) is 0. The maximum atomic E-state index is 13.1. The van der Waals surface area contributed by atoms with E-state index in [2.05, 4.69) is 0 Å². The second-order valence-electron chi connectivity index (χ2n) is 3.72. The molecule has 0 saturated heterocycles. The van der Waals surface area contributed by atoms with Gasteiger partial charge in [0.1, 0.15) is 11.9 Å². The average molecular weight is 200 g/mol. The molecule has 15 heavy (non-hydrogen) atoms. The van der Waals surface area contributed by atoms with Crippen LogP contribution in [-0.4, -0.2) is 5.11 Å². The first-order chi connectivity index (χ1) is 7.27. The number of aliphatic hydroxyl groups excluding tert-OH is 1. The van der Waals surface area contributed by atoms with Gasteiger partial charge in [0.05, 0.1) is 0 Å². The van der Waals surface area contributed by atoms with Gasteiger partial charge in [0.25, 0.3) is 0 Å². The van der Waals surface area contributed by atoms with E-state index < -0.39 is 6.10 Å². The molecular weight excluding hydrogens is 191 g/mol. The molecule has 1 atom stereocenters. The van der Waals surface area contributed by atoms with Crippen LogP contribution in [0.25, 0.3) is 11.1 Å². The number of hydrogen-bond donors (Lipinski definition) is 1. The van der Waals surface area contributed by atoms with Gasteiger partial charge in [-0.15, -0.1) is 0 Å². The van der Waals surface area contributed by atoms with Gasteiger partial charge in [-0.25, -0.2) is 4.39 Å². The molecular formula is C13H9FO. The molecule has 0 amide bonds. The Morgan fingerprint density at radius 1 is 0.933 bits per heavy atom. The van der Waals surface area contributed by atoms with Crippen molar-refractivity contribution >= 4 is 0 Å². The first kappa shape index (κ1) is 8.62. The lowest BCUT2D eigenvalue weighted by Crippen LogP contribution is -1.93. The smallest absolute Gasteiger partial charge is 0.123 e. The predicted octanol–water partition coefficient (Wildman–Crippen LogP) is 2.89. The maximum absolute atomic E-state index is 13.1. The van der Waals surface area contributed by atoms with Crippen molar-refractivity contribution < 1.29 is 9.50 Å². The number of fused-ring (bicyclic) bond motifs is 3. The Labute approximate surface area is 86.8 Å². The van der Waals surface area contributed by atoms with Crippen molar-refractivity contribution in [2.45, 2.75) is 6.10 Å². The van der Waals surface area contributed by atoms with Crippen molar-refractivity contribution in [3.05, 3.63) is 59.4 Å². The summed E-state index contributed by atoms with van der Waals surface area (Å²) in [4.78, 5) is 0. The monoisotopic (exact) mass is 200 g/mol. The quantitative estimate of drug-likeness (QED) is 0.693. The molecule has 0 saturated carbocycles. The van der Waals surface area contributed by atoms with Crippen LogP contribution in [0.3, 0.4) is 0 Å². The Morgan fingerprint density at radius 3 is 2.53 bits per heavy atom. The average Bonchev–Trinajstić information content (AvgIpc) is 2.54. The fourth-order valence-electron chi connectivity index (χ4n) is 2.15. The van der Waals surface area contributed by atoms with Gasteiger partial charge in [0.2, 0.25) is 0 Å². The van der Waals surface area contributed by atoms with Crippen molar-refractivity contribution in [1.29, 1.82) is 0 Å². The lowest BCUT2D eigenvalue weighted by molar-refractivity contribution is 0.225. The molecule has 2 aromatic rings. The minimum Gasteiger partial charge on any atom is -0.384 e. The number of benzene rings is 2. The highest BCUT2D eigenvalue weighted by molar-refractivity contribution is 5.77. The van der Waals surface area contributed by atoms with Gasteiger partial charge in [-0.3, -0.25) is 0 Å². The molecule has 3 rings (SSSR count). The molecule has 1 N–H and O–H groups in total. The zero-order valence-electron chi connectivity index (χ0n) is 7.94. The third-order valence-corrected chi connectivity index (χ3v) is 2.86. The fourth-order valence-corrected chi connectivity index (χ4v) is 2.15. The summed E-state index contributed by atoms with van der Waals surface area (Å²) < 4.78 is 13.1. The van der Waals surface area contributed by atoms with E-state index in [1.165, 1.54) is 12.1 Å². The maximum Gasteiger partial charge on any atom is 0.123 e. The van der Waals surface area contributed by atoms with E-state index in [9.17, 15) is 9.50 Å². The van der Waals surface area contributed by atoms with Crippen LogP contribution in [0.5, 0.6) is 0 Å².